The lowest BCUT2D eigenvalue weighted by Crippen LogP contribution is -2.16. The minimum Gasteiger partial charge on any atom is -0.502 e. The average Bonchev–Trinajstić information content (AvgIpc) is 2.08. The van der Waals surface area contributed by atoms with Gasteiger partial charge in [0.05, 0.1) is 7.11 Å². The molecule has 3 N–H and O–H groups in total. The Morgan fingerprint density at radius 1 is 1.46 bits per heavy atom. The number of para-hydroxylation sites is 1. The van der Waals surface area contributed by atoms with Gasteiger partial charge in [-0.15, -0.1) is 0 Å². The summed E-state index contributed by atoms with van der Waals surface area (Å²) in [5.74, 6) is -0.0469. The molecule has 1 rings (SSSR count). The number of phenolic OH excluding ortho intramolecular Hbond substituents is 1. The van der Waals surface area contributed by atoms with E-state index in [0.717, 1.165) is 0 Å². The number of rotatable bonds is 2. The number of ether oxygens (including phenoxy) is 2. The van der Waals surface area contributed by atoms with Gasteiger partial charge in [0, 0.05) is 0 Å². The Labute approximate surface area is 74.7 Å². The minimum atomic E-state index is -0.983. The molecule has 70 valence electrons. The van der Waals surface area contributed by atoms with Gasteiger partial charge in [-0.25, -0.2) is 4.79 Å². The maximum absolute atomic E-state index is 10.4. The van der Waals surface area contributed by atoms with E-state index >= 15 is 0 Å². The standard InChI is InChI=1S/C8H9NO4/c1-12-5-3-2-4-6(7(5)10)13-8(9)11/h2-4,10H,1H3,(H2,9,11). The number of carbonyl (C=O) groups excluding carboxylic acids is 1. The van der Waals surface area contributed by atoms with Crippen LogP contribution < -0.4 is 15.2 Å². The largest absolute Gasteiger partial charge is 0.502 e. The highest BCUT2D eigenvalue weighted by molar-refractivity contribution is 5.70. The number of nitrogens with two attached hydrogens (primary N) is 1. The molecule has 1 aromatic carbocycles. The number of carbonyl (C=O) groups is 1. The maximum atomic E-state index is 10.4. The van der Waals surface area contributed by atoms with Crippen LogP contribution in [0.3, 0.4) is 0 Å². The summed E-state index contributed by atoms with van der Waals surface area (Å²) in [5.41, 5.74) is 4.77. The Kier molecular flexibility index (Phi) is 2.59. The lowest BCUT2D eigenvalue weighted by molar-refractivity contribution is 0.208. The fourth-order valence-electron chi connectivity index (χ4n) is 0.858. The van der Waals surface area contributed by atoms with E-state index in [1.54, 1.807) is 6.07 Å². The van der Waals surface area contributed by atoms with Gasteiger partial charge in [-0.05, 0) is 12.1 Å². The van der Waals surface area contributed by atoms with E-state index in [0.29, 0.717) is 0 Å². The monoisotopic (exact) mass is 183 g/mol. The molecule has 0 atom stereocenters. The first-order valence-corrected chi connectivity index (χ1v) is 3.48. The summed E-state index contributed by atoms with van der Waals surface area (Å²) in [6.07, 6.45) is -0.983. The molecule has 1 aromatic rings. The molecule has 0 aromatic heterocycles. The number of phenols is 1. The number of hydrogen-bond donors (Lipinski definition) is 2. The van der Waals surface area contributed by atoms with Crippen molar-refractivity contribution in [1.82, 2.24) is 0 Å². The van der Waals surface area contributed by atoms with Crippen molar-refractivity contribution < 1.29 is 19.4 Å². The first-order chi connectivity index (χ1) is 6.15. The third-order valence-corrected chi connectivity index (χ3v) is 1.39. The van der Waals surface area contributed by atoms with E-state index in [4.69, 9.17) is 10.5 Å². The first kappa shape index (κ1) is 9.18. The summed E-state index contributed by atoms with van der Waals surface area (Å²) in [5, 5.41) is 9.38. The normalized spacial score (nSPS) is 9.31. The molecule has 5 heteroatoms. The van der Waals surface area contributed by atoms with Crippen LogP contribution in [0.4, 0.5) is 4.79 Å². The first-order valence-electron chi connectivity index (χ1n) is 3.48. The van der Waals surface area contributed by atoms with E-state index in [-0.39, 0.29) is 17.2 Å². The van der Waals surface area contributed by atoms with Crippen LogP contribution in [0.2, 0.25) is 0 Å². The van der Waals surface area contributed by atoms with Crippen LogP contribution in [0.1, 0.15) is 0 Å². The lowest BCUT2D eigenvalue weighted by atomic mass is 10.3. The third-order valence-electron chi connectivity index (χ3n) is 1.39. The zero-order chi connectivity index (χ0) is 9.84. The number of amides is 1. The lowest BCUT2D eigenvalue weighted by Gasteiger charge is -2.06. The Morgan fingerprint density at radius 2 is 2.08 bits per heavy atom. The van der Waals surface area contributed by atoms with Crippen LogP contribution in [0.15, 0.2) is 18.2 Å². The van der Waals surface area contributed by atoms with Crippen molar-refractivity contribution in [2.45, 2.75) is 0 Å². The SMILES string of the molecule is COc1cccc(OC(N)=O)c1O. The zero-order valence-electron chi connectivity index (χ0n) is 6.98. The third kappa shape index (κ3) is 2.02. The molecule has 0 saturated heterocycles. The van der Waals surface area contributed by atoms with E-state index in [2.05, 4.69) is 4.74 Å². The fourth-order valence-corrected chi connectivity index (χ4v) is 0.858. The van der Waals surface area contributed by atoms with Crippen LogP contribution in [0.25, 0.3) is 0 Å². The number of methoxy groups -OCH3 is 1. The highest BCUT2D eigenvalue weighted by Crippen LogP contribution is 2.35. The van der Waals surface area contributed by atoms with E-state index in [1.165, 1.54) is 19.2 Å². The molecule has 0 unspecified atom stereocenters. The second-order valence-electron chi connectivity index (χ2n) is 2.23. The molecule has 13 heavy (non-hydrogen) atoms. The average molecular weight is 183 g/mol. The van der Waals surface area contributed by atoms with Gasteiger partial charge < -0.3 is 20.3 Å². The maximum Gasteiger partial charge on any atom is 0.410 e. The van der Waals surface area contributed by atoms with Gasteiger partial charge >= 0.3 is 6.09 Å². The van der Waals surface area contributed by atoms with Gasteiger partial charge in [0.25, 0.3) is 0 Å². The molecule has 0 fully saturated rings. The smallest absolute Gasteiger partial charge is 0.410 e. The summed E-state index contributed by atoms with van der Waals surface area (Å²) in [6, 6.07) is 4.50. The molecule has 0 spiro atoms. The van der Waals surface area contributed by atoms with Crippen molar-refractivity contribution in [2.24, 2.45) is 5.73 Å². The van der Waals surface area contributed by atoms with Crippen molar-refractivity contribution >= 4 is 6.09 Å². The van der Waals surface area contributed by atoms with Gasteiger partial charge in [0.1, 0.15) is 0 Å². The van der Waals surface area contributed by atoms with Gasteiger partial charge in [0.15, 0.2) is 11.5 Å². The summed E-state index contributed by atoms with van der Waals surface area (Å²) in [6.45, 7) is 0. The molecule has 1 amide bonds. The summed E-state index contributed by atoms with van der Waals surface area (Å²) >= 11 is 0. The number of benzene rings is 1. The highest BCUT2D eigenvalue weighted by atomic mass is 16.6. The molecule has 0 radical (unpaired) electrons. The van der Waals surface area contributed by atoms with E-state index in [1.807, 2.05) is 0 Å². The van der Waals surface area contributed by atoms with Crippen LogP contribution in [0.5, 0.6) is 17.2 Å². The predicted octanol–water partition coefficient (Wildman–Crippen LogP) is 0.858. The van der Waals surface area contributed by atoms with Gasteiger partial charge in [-0.3, -0.25) is 0 Å². The molecular formula is C8H9NO4. The van der Waals surface area contributed by atoms with Gasteiger partial charge in [0.2, 0.25) is 5.75 Å². The molecule has 0 aliphatic rings. The summed E-state index contributed by atoms with van der Waals surface area (Å²) in [4.78, 5) is 10.4. The topological polar surface area (TPSA) is 81.8 Å². The molecule has 0 bridgehead atoms. The van der Waals surface area contributed by atoms with Crippen molar-refractivity contribution in [1.29, 1.82) is 0 Å². The Balaban J connectivity index is 3.01. The number of aromatic hydroxyl groups is 1. The summed E-state index contributed by atoms with van der Waals surface area (Å²) in [7, 11) is 1.39. The van der Waals surface area contributed by atoms with Crippen molar-refractivity contribution in [3.05, 3.63) is 18.2 Å². The Morgan fingerprint density at radius 3 is 2.62 bits per heavy atom. The van der Waals surface area contributed by atoms with Gasteiger partial charge in [-0.1, -0.05) is 6.07 Å². The van der Waals surface area contributed by atoms with Crippen LogP contribution in [-0.2, 0) is 0 Å². The second kappa shape index (κ2) is 3.66. The molecular weight excluding hydrogens is 174 g/mol. The fraction of sp³-hybridized carbons (Fsp3) is 0.125. The second-order valence-corrected chi connectivity index (χ2v) is 2.23. The van der Waals surface area contributed by atoms with Crippen molar-refractivity contribution in [2.75, 3.05) is 7.11 Å². The molecule has 0 heterocycles. The highest BCUT2D eigenvalue weighted by Gasteiger charge is 2.09. The van der Waals surface area contributed by atoms with Crippen molar-refractivity contribution in [3.63, 3.8) is 0 Å². The summed E-state index contributed by atoms with van der Waals surface area (Å²) < 4.78 is 9.28. The van der Waals surface area contributed by atoms with Crippen LogP contribution in [-0.4, -0.2) is 18.3 Å². The minimum absolute atomic E-state index is 0.0214. The van der Waals surface area contributed by atoms with Crippen molar-refractivity contribution in [3.8, 4) is 17.2 Å². The molecule has 0 saturated carbocycles. The Bertz CT molecular complexity index is 324. The zero-order valence-corrected chi connectivity index (χ0v) is 6.98. The quantitative estimate of drug-likeness (QED) is 0.712. The number of hydrogen-bond acceptors (Lipinski definition) is 4. The van der Waals surface area contributed by atoms with E-state index < -0.39 is 6.09 Å². The molecule has 0 aliphatic carbocycles. The van der Waals surface area contributed by atoms with Crippen LogP contribution >= 0.6 is 0 Å². The number of primary amides is 1. The Hall–Kier alpha value is -1.91. The van der Waals surface area contributed by atoms with E-state index in [9.17, 15) is 9.90 Å². The van der Waals surface area contributed by atoms with Gasteiger partial charge in [-0.2, -0.15) is 0 Å². The molecule has 5 nitrogen and oxygen atoms in total. The van der Waals surface area contributed by atoms with Crippen LogP contribution in [0, 0.1) is 0 Å². The predicted molar refractivity (Wildman–Crippen MR) is 44.9 cm³/mol. The molecule has 0 aliphatic heterocycles.